The SMILES string of the molecule is NC(=O)[C@@H]1c2ccccc2-c2c(-c3ccc(F)nc3)cccc21. The van der Waals surface area contributed by atoms with Crippen LogP contribution < -0.4 is 5.73 Å². The highest BCUT2D eigenvalue weighted by Crippen LogP contribution is 2.48. The molecule has 23 heavy (non-hydrogen) atoms. The number of benzene rings is 2. The molecule has 1 aliphatic rings. The molecule has 0 saturated heterocycles. The Kier molecular flexibility index (Phi) is 2.98. The van der Waals surface area contributed by atoms with E-state index in [-0.39, 0.29) is 5.91 Å². The Morgan fingerprint density at radius 2 is 1.70 bits per heavy atom. The molecular weight excluding hydrogens is 291 g/mol. The number of fused-ring (bicyclic) bond motifs is 3. The molecular formula is C19H13FN2O. The molecule has 1 atom stereocenters. The molecule has 1 aromatic heterocycles. The molecule has 1 amide bonds. The lowest BCUT2D eigenvalue weighted by Gasteiger charge is -2.11. The smallest absolute Gasteiger partial charge is 0.229 e. The first kappa shape index (κ1) is 13.6. The minimum atomic E-state index is -0.517. The van der Waals surface area contributed by atoms with Gasteiger partial charge in [-0.2, -0.15) is 4.39 Å². The van der Waals surface area contributed by atoms with Crippen LogP contribution >= 0.6 is 0 Å². The van der Waals surface area contributed by atoms with E-state index in [1.165, 1.54) is 12.3 Å². The second kappa shape index (κ2) is 5.02. The van der Waals surface area contributed by atoms with E-state index in [0.29, 0.717) is 0 Å². The molecule has 3 aromatic rings. The number of carbonyl (C=O) groups excluding carboxylic acids is 1. The van der Waals surface area contributed by atoms with E-state index in [1.54, 1.807) is 6.07 Å². The monoisotopic (exact) mass is 304 g/mol. The minimum Gasteiger partial charge on any atom is -0.369 e. The molecule has 1 heterocycles. The molecule has 2 aromatic carbocycles. The summed E-state index contributed by atoms with van der Waals surface area (Å²) in [4.78, 5) is 15.7. The minimum absolute atomic E-state index is 0.370. The van der Waals surface area contributed by atoms with Crippen molar-refractivity contribution >= 4 is 5.91 Å². The maximum absolute atomic E-state index is 13.1. The van der Waals surface area contributed by atoms with Gasteiger partial charge in [0.2, 0.25) is 11.9 Å². The highest BCUT2D eigenvalue weighted by Gasteiger charge is 2.33. The largest absolute Gasteiger partial charge is 0.369 e. The van der Waals surface area contributed by atoms with Crippen molar-refractivity contribution in [3.8, 4) is 22.3 Å². The van der Waals surface area contributed by atoms with Crippen molar-refractivity contribution in [2.45, 2.75) is 5.92 Å². The lowest BCUT2D eigenvalue weighted by molar-refractivity contribution is -0.118. The van der Waals surface area contributed by atoms with Gasteiger partial charge in [0.1, 0.15) is 0 Å². The third-order valence-electron chi connectivity index (χ3n) is 4.27. The van der Waals surface area contributed by atoms with E-state index in [4.69, 9.17) is 5.73 Å². The molecule has 0 aliphatic heterocycles. The van der Waals surface area contributed by atoms with Gasteiger partial charge in [-0.3, -0.25) is 4.79 Å². The van der Waals surface area contributed by atoms with Gasteiger partial charge in [0.15, 0.2) is 0 Å². The number of nitrogens with two attached hydrogens (primary N) is 1. The van der Waals surface area contributed by atoms with E-state index in [9.17, 15) is 9.18 Å². The van der Waals surface area contributed by atoms with Crippen molar-refractivity contribution in [3.63, 3.8) is 0 Å². The number of nitrogens with zero attached hydrogens (tertiary/aromatic N) is 1. The molecule has 0 radical (unpaired) electrons. The fourth-order valence-corrected chi connectivity index (χ4v) is 3.34. The van der Waals surface area contributed by atoms with Crippen LogP contribution in [0.3, 0.4) is 0 Å². The summed E-state index contributed by atoms with van der Waals surface area (Å²) < 4.78 is 13.1. The lowest BCUT2D eigenvalue weighted by Crippen LogP contribution is -2.20. The summed E-state index contributed by atoms with van der Waals surface area (Å²) in [5, 5.41) is 0. The van der Waals surface area contributed by atoms with Gasteiger partial charge >= 0.3 is 0 Å². The number of rotatable bonds is 2. The van der Waals surface area contributed by atoms with Crippen LogP contribution in [0.1, 0.15) is 17.0 Å². The van der Waals surface area contributed by atoms with Crippen molar-refractivity contribution in [1.82, 2.24) is 4.98 Å². The number of pyridine rings is 1. The topological polar surface area (TPSA) is 56.0 Å². The molecule has 1 aliphatic carbocycles. The first-order valence-corrected chi connectivity index (χ1v) is 7.30. The number of amides is 1. The van der Waals surface area contributed by atoms with Crippen LogP contribution in [0.4, 0.5) is 4.39 Å². The normalized spacial score (nSPS) is 15.1. The third kappa shape index (κ3) is 2.03. The Morgan fingerprint density at radius 3 is 2.43 bits per heavy atom. The second-order valence-electron chi connectivity index (χ2n) is 5.56. The second-order valence-corrected chi connectivity index (χ2v) is 5.56. The fraction of sp³-hybridized carbons (Fsp3) is 0.0526. The fourth-order valence-electron chi connectivity index (χ4n) is 3.34. The van der Waals surface area contributed by atoms with E-state index >= 15 is 0 Å². The van der Waals surface area contributed by atoms with Crippen LogP contribution in [-0.4, -0.2) is 10.9 Å². The molecule has 3 nitrogen and oxygen atoms in total. The molecule has 0 unspecified atom stereocenters. The molecule has 4 heteroatoms. The van der Waals surface area contributed by atoms with Gasteiger partial charge in [0.05, 0.1) is 5.92 Å². The summed E-state index contributed by atoms with van der Waals surface area (Å²) >= 11 is 0. The van der Waals surface area contributed by atoms with E-state index in [0.717, 1.165) is 33.4 Å². The molecule has 0 bridgehead atoms. The van der Waals surface area contributed by atoms with Crippen molar-refractivity contribution in [2.75, 3.05) is 0 Å². The van der Waals surface area contributed by atoms with Crippen molar-refractivity contribution < 1.29 is 9.18 Å². The van der Waals surface area contributed by atoms with Crippen LogP contribution in [-0.2, 0) is 4.79 Å². The van der Waals surface area contributed by atoms with Crippen molar-refractivity contribution in [3.05, 3.63) is 77.9 Å². The van der Waals surface area contributed by atoms with Gasteiger partial charge in [-0.05, 0) is 39.9 Å². The zero-order valence-electron chi connectivity index (χ0n) is 12.2. The number of halogens is 1. The zero-order chi connectivity index (χ0) is 16.0. The Labute approximate surface area is 132 Å². The maximum atomic E-state index is 13.1. The Balaban J connectivity index is 2.02. The van der Waals surface area contributed by atoms with Gasteiger partial charge in [-0.1, -0.05) is 42.5 Å². The molecule has 2 N–H and O–H groups in total. The van der Waals surface area contributed by atoms with Gasteiger partial charge < -0.3 is 5.73 Å². The predicted octanol–water partition coefficient (Wildman–Crippen LogP) is 3.49. The Hall–Kier alpha value is -3.01. The van der Waals surface area contributed by atoms with Crippen LogP contribution in [0.2, 0.25) is 0 Å². The number of hydrogen-bond donors (Lipinski definition) is 1. The van der Waals surface area contributed by atoms with Crippen molar-refractivity contribution in [1.29, 1.82) is 0 Å². The van der Waals surface area contributed by atoms with Gasteiger partial charge in [-0.25, -0.2) is 4.98 Å². The van der Waals surface area contributed by atoms with Gasteiger partial charge in [0, 0.05) is 11.8 Å². The summed E-state index contributed by atoms with van der Waals surface area (Å²) in [5.41, 5.74) is 11.1. The number of hydrogen-bond acceptors (Lipinski definition) is 2. The predicted molar refractivity (Wildman–Crippen MR) is 86.1 cm³/mol. The van der Waals surface area contributed by atoms with E-state index in [2.05, 4.69) is 4.98 Å². The van der Waals surface area contributed by atoms with Crippen LogP contribution in [0, 0.1) is 5.95 Å². The van der Waals surface area contributed by atoms with Crippen LogP contribution in [0.25, 0.3) is 22.3 Å². The molecule has 4 rings (SSSR count). The summed E-state index contributed by atoms with van der Waals surface area (Å²) in [7, 11) is 0. The van der Waals surface area contributed by atoms with Gasteiger partial charge in [-0.15, -0.1) is 0 Å². The Morgan fingerprint density at radius 1 is 0.957 bits per heavy atom. The zero-order valence-corrected chi connectivity index (χ0v) is 12.2. The summed E-state index contributed by atoms with van der Waals surface area (Å²) in [6.45, 7) is 0. The lowest BCUT2D eigenvalue weighted by atomic mass is 9.93. The van der Waals surface area contributed by atoms with Crippen molar-refractivity contribution in [2.24, 2.45) is 5.73 Å². The number of primary amides is 1. The molecule has 0 saturated carbocycles. The molecule has 112 valence electrons. The molecule has 0 spiro atoms. The average Bonchev–Trinajstić information content (AvgIpc) is 2.90. The summed E-state index contributed by atoms with van der Waals surface area (Å²) in [6, 6.07) is 16.5. The van der Waals surface area contributed by atoms with E-state index in [1.807, 2.05) is 42.5 Å². The third-order valence-corrected chi connectivity index (χ3v) is 4.27. The quantitative estimate of drug-likeness (QED) is 0.737. The summed E-state index contributed by atoms with van der Waals surface area (Å²) in [6.07, 6.45) is 1.51. The highest BCUT2D eigenvalue weighted by molar-refractivity contribution is 6.00. The van der Waals surface area contributed by atoms with Crippen LogP contribution in [0.15, 0.2) is 60.8 Å². The number of aromatic nitrogens is 1. The first-order chi connectivity index (χ1) is 11.2. The Bertz CT molecular complexity index is 919. The highest BCUT2D eigenvalue weighted by atomic mass is 19.1. The van der Waals surface area contributed by atoms with E-state index < -0.39 is 11.9 Å². The summed E-state index contributed by atoms with van der Waals surface area (Å²) in [5.74, 6) is -1.34. The average molecular weight is 304 g/mol. The number of carbonyl (C=O) groups is 1. The standard InChI is InChI=1S/C19H13FN2O/c20-16-9-8-11(10-22-16)12-6-3-7-15-17(12)13-4-1-2-5-14(13)18(15)19(21)23/h1-10,18H,(H2,21,23)/t18-/m1/s1. The molecule has 0 fully saturated rings. The van der Waals surface area contributed by atoms with Crippen LogP contribution in [0.5, 0.6) is 0 Å². The van der Waals surface area contributed by atoms with Gasteiger partial charge in [0.25, 0.3) is 0 Å². The maximum Gasteiger partial charge on any atom is 0.229 e. The first-order valence-electron chi connectivity index (χ1n) is 7.30.